The molecule has 2 aromatic heterocycles. The second-order valence-electron chi connectivity index (χ2n) is 3.77. The zero-order valence-electron chi connectivity index (χ0n) is 10.3. The number of H-pyrrole nitrogens is 1. The topological polar surface area (TPSA) is 69.9 Å². The van der Waals surface area contributed by atoms with Crippen LogP contribution in [0.5, 0.6) is 0 Å². The number of aromatic nitrogens is 4. The summed E-state index contributed by atoms with van der Waals surface area (Å²) in [4.78, 5) is 6.01. The molecule has 7 heteroatoms. The predicted molar refractivity (Wildman–Crippen MR) is 64.2 cm³/mol. The van der Waals surface area contributed by atoms with Crippen LogP contribution in [-0.2, 0) is 4.74 Å². The Morgan fingerprint density at radius 3 is 2.82 bits per heavy atom. The molecule has 0 aliphatic heterocycles. The lowest BCUT2D eigenvalue weighted by molar-refractivity contribution is -0.475. The SMILES string of the molecule is COC(N(C)c1ccnc2n[nH]nc12)=[N+](C)C. The second-order valence-corrected chi connectivity index (χ2v) is 3.77. The van der Waals surface area contributed by atoms with Gasteiger partial charge in [-0.25, -0.2) is 9.56 Å². The van der Waals surface area contributed by atoms with E-state index in [0.29, 0.717) is 17.2 Å². The molecule has 7 nitrogen and oxygen atoms in total. The monoisotopic (exact) mass is 235 g/mol. The Bertz CT molecular complexity index is 557. The van der Waals surface area contributed by atoms with Gasteiger partial charge in [0.25, 0.3) is 0 Å². The number of nitrogens with one attached hydrogen (secondary N) is 1. The van der Waals surface area contributed by atoms with Crippen LogP contribution < -0.4 is 4.90 Å². The number of fused-ring (bicyclic) bond motifs is 1. The predicted octanol–water partition coefficient (Wildman–Crippen LogP) is 0.0636. The lowest BCUT2D eigenvalue weighted by Crippen LogP contribution is -2.34. The lowest BCUT2D eigenvalue weighted by Gasteiger charge is -2.13. The van der Waals surface area contributed by atoms with Crippen molar-refractivity contribution in [2.75, 3.05) is 33.2 Å². The molecule has 1 N–H and O–H groups in total. The lowest BCUT2D eigenvalue weighted by atomic mass is 10.3. The zero-order chi connectivity index (χ0) is 12.4. The molecule has 0 aromatic carbocycles. The molecule has 0 atom stereocenters. The van der Waals surface area contributed by atoms with Crippen molar-refractivity contribution in [1.29, 1.82) is 0 Å². The molecule has 0 bridgehead atoms. The summed E-state index contributed by atoms with van der Waals surface area (Å²) >= 11 is 0. The van der Waals surface area contributed by atoms with Crippen LogP contribution in [0.25, 0.3) is 11.2 Å². The van der Waals surface area contributed by atoms with Gasteiger partial charge >= 0.3 is 6.02 Å². The van der Waals surface area contributed by atoms with Crippen LogP contribution in [0.3, 0.4) is 0 Å². The van der Waals surface area contributed by atoms with E-state index in [0.717, 1.165) is 5.69 Å². The van der Waals surface area contributed by atoms with Gasteiger partial charge in [0.1, 0.15) is 0 Å². The van der Waals surface area contributed by atoms with Gasteiger partial charge in [0.05, 0.1) is 28.3 Å². The molecule has 0 saturated heterocycles. The van der Waals surface area contributed by atoms with Crippen molar-refractivity contribution in [2.24, 2.45) is 0 Å². The maximum atomic E-state index is 5.34. The van der Waals surface area contributed by atoms with Crippen LogP contribution in [0, 0.1) is 0 Å². The summed E-state index contributed by atoms with van der Waals surface area (Å²) in [5.74, 6) is 0. The Morgan fingerprint density at radius 2 is 2.18 bits per heavy atom. The summed E-state index contributed by atoms with van der Waals surface area (Å²) in [6.45, 7) is 0. The highest BCUT2D eigenvalue weighted by atomic mass is 16.5. The number of pyridine rings is 1. The minimum absolute atomic E-state index is 0.587. The van der Waals surface area contributed by atoms with Crippen molar-refractivity contribution in [3.63, 3.8) is 0 Å². The largest absolute Gasteiger partial charge is 0.450 e. The number of hydrogen-bond acceptors (Lipinski definition) is 4. The number of amidine groups is 1. The Labute approximate surface area is 98.7 Å². The van der Waals surface area contributed by atoms with Gasteiger partial charge in [-0.15, -0.1) is 10.2 Å². The first kappa shape index (κ1) is 11.3. The molecule has 0 fully saturated rings. The van der Waals surface area contributed by atoms with Gasteiger partial charge in [0, 0.05) is 12.3 Å². The van der Waals surface area contributed by atoms with E-state index < -0.39 is 0 Å². The molecule has 2 aromatic rings. The molecule has 0 radical (unpaired) electrons. The van der Waals surface area contributed by atoms with Crippen molar-refractivity contribution in [3.05, 3.63) is 12.3 Å². The van der Waals surface area contributed by atoms with Gasteiger partial charge in [0.2, 0.25) is 5.65 Å². The fourth-order valence-electron chi connectivity index (χ4n) is 1.74. The highest BCUT2D eigenvalue weighted by molar-refractivity contribution is 5.96. The van der Waals surface area contributed by atoms with Crippen LogP contribution in [0.15, 0.2) is 12.3 Å². The van der Waals surface area contributed by atoms with E-state index in [-0.39, 0.29) is 0 Å². The third-order valence-electron chi connectivity index (χ3n) is 2.41. The van der Waals surface area contributed by atoms with Crippen molar-refractivity contribution in [2.45, 2.75) is 0 Å². The van der Waals surface area contributed by atoms with Crippen LogP contribution in [0.2, 0.25) is 0 Å². The van der Waals surface area contributed by atoms with Crippen molar-refractivity contribution >= 4 is 22.9 Å². The number of methoxy groups -OCH3 is 1. The molecule has 90 valence electrons. The molecule has 0 amide bonds. The normalized spacial score (nSPS) is 10.4. The Hall–Kier alpha value is -2.18. The van der Waals surface area contributed by atoms with Gasteiger partial charge in [0.15, 0.2) is 11.2 Å². The standard InChI is InChI=1S/C10H15N6O/c1-15(2)10(17-4)16(3)7-5-6-11-9-8(7)12-14-13-9/h5-6H,1-4H3,(H,11,12,13,14)/q+1. The van der Waals surface area contributed by atoms with E-state index in [2.05, 4.69) is 20.4 Å². The first-order valence-electron chi connectivity index (χ1n) is 5.12. The summed E-state index contributed by atoms with van der Waals surface area (Å²) in [6, 6.07) is 2.58. The third-order valence-corrected chi connectivity index (χ3v) is 2.41. The fourth-order valence-corrected chi connectivity index (χ4v) is 1.74. The number of aromatic amines is 1. The Kier molecular flexibility index (Phi) is 2.90. The summed E-state index contributed by atoms with van der Waals surface area (Å²) in [5, 5.41) is 10.6. The smallest absolute Gasteiger partial charge is 0.435 e. The fraction of sp³-hybridized carbons (Fsp3) is 0.400. The quantitative estimate of drug-likeness (QED) is 0.430. The highest BCUT2D eigenvalue weighted by Gasteiger charge is 2.23. The van der Waals surface area contributed by atoms with Crippen LogP contribution in [0.4, 0.5) is 5.69 Å². The number of ether oxygens (including phenoxy) is 1. The number of anilines is 1. The number of hydrogen-bond donors (Lipinski definition) is 1. The van der Waals surface area contributed by atoms with Crippen molar-refractivity contribution in [1.82, 2.24) is 20.4 Å². The van der Waals surface area contributed by atoms with Crippen LogP contribution in [-0.4, -0.2) is 59.2 Å². The first-order valence-corrected chi connectivity index (χ1v) is 5.12. The molecule has 0 aliphatic rings. The van der Waals surface area contributed by atoms with Gasteiger partial charge in [-0.3, -0.25) is 0 Å². The van der Waals surface area contributed by atoms with E-state index in [4.69, 9.17) is 4.74 Å². The molecule has 0 saturated carbocycles. The minimum atomic E-state index is 0.587. The zero-order valence-corrected chi connectivity index (χ0v) is 10.3. The van der Waals surface area contributed by atoms with Gasteiger partial charge in [-0.05, 0) is 0 Å². The summed E-state index contributed by atoms with van der Waals surface area (Å²) in [5.41, 5.74) is 2.18. The molecule has 17 heavy (non-hydrogen) atoms. The van der Waals surface area contributed by atoms with E-state index in [1.165, 1.54) is 0 Å². The van der Waals surface area contributed by atoms with Gasteiger partial charge in [-0.2, -0.15) is 10.1 Å². The van der Waals surface area contributed by atoms with E-state index in [1.54, 1.807) is 13.3 Å². The Morgan fingerprint density at radius 1 is 1.41 bits per heavy atom. The highest BCUT2D eigenvalue weighted by Crippen LogP contribution is 2.20. The van der Waals surface area contributed by atoms with Crippen molar-refractivity contribution < 1.29 is 9.31 Å². The van der Waals surface area contributed by atoms with Gasteiger partial charge in [-0.1, -0.05) is 0 Å². The van der Waals surface area contributed by atoms with Gasteiger partial charge < -0.3 is 4.74 Å². The summed E-state index contributed by atoms with van der Waals surface area (Å²) < 4.78 is 7.22. The minimum Gasteiger partial charge on any atom is -0.435 e. The van der Waals surface area contributed by atoms with Crippen molar-refractivity contribution in [3.8, 4) is 0 Å². The molecule has 0 aliphatic carbocycles. The van der Waals surface area contributed by atoms with Crippen LogP contribution >= 0.6 is 0 Å². The molecule has 2 rings (SSSR count). The number of nitrogens with zero attached hydrogens (tertiary/aromatic N) is 5. The van der Waals surface area contributed by atoms with E-state index >= 15 is 0 Å². The molecule has 0 unspecified atom stereocenters. The third kappa shape index (κ3) is 1.91. The van der Waals surface area contributed by atoms with E-state index in [9.17, 15) is 0 Å². The molecular formula is C10H15N6O+. The maximum absolute atomic E-state index is 5.34. The second kappa shape index (κ2) is 4.36. The first-order chi connectivity index (χ1) is 8.15. The summed E-state index contributed by atoms with van der Waals surface area (Å²) in [7, 11) is 7.36. The summed E-state index contributed by atoms with van der Waals surface area (Å²) in [6.07, 6.45) is 1.69. The van der Waals surface area contributed by atoms with Crippen LogP contribution in [0.1, 0.15) is 0 Å². The molecular weight excluding hydrogens is 220 g/mol. The van der Waals surface area contributed by atoms with E-state index in [1.807, 2.05) is 36.7 Å². The Balaban J connectivity index is 2.53. The average molecular weight is 235 g/mol. The average Bonchev–Trinajstić information content (AvgIpc) is 2.76. The molecule has 0 spiro atoms. The molecule has 2 heterocycles. The maximum Gasteiger partial charge on any atom is 0.450 e. The number of rotatable bonds is 1.